The second kappa shape index (κ2) is 4.66. The lowest BCUT2D eigenvalue weighted by atomic mass is 9.77. The van der Waals surface area contributed by atoms with Crippen LogP contribution in [0.4, 0.5) is 0 Å². The second-order valence-electron chi connectivity index (χ2n) is 5.53. The first kappa shape index (κ1) is 11.6. The Morgan fingerprint density at radius 3 is 2.47 bits per heavy atom. The molecule has 2 fully saturated rings. The van der Waals surface area contributed by atoms with Crippen LogP contribution in [0.1, 0.15) is 50.5 Å². The van der Waals surface area contributed by atoms with Crippen molar-refractivity contribution >= 4 is 11.8 Å². The van der Waals surface area contributed by atoms with Crippen molar-refractivity contribution in [2.24, 2.45) is 5.73 Å². The predicted octanol–water partition coefficient (Wildman–Crippen LogP) is 4.06. The average molecular weight is 247 g/mol. The van der Waals surface area contributed by atoms with Crippen LogP contribution < -0.4 is 5.73 Å². The molecule has 2 heteroatoms. The Labute approximate surface area is 108 Å². The van der Waals surface area contributed by atoms with Gasteiger partial charge in [0.1, 0.15) is 0 Å². The van der Waals surface area contributed by atoms with E-state index < -0.39 is 0 Å². The molecule has 0 aliphatic heterocycles. The van der Waals surface area contributed by atoms with Crippen LogP contribution in [-0.2, 0) is 5.54 Å². The maximum atomic E-state index is 6.66. The van der Waals surface area contributed by atoms with Crippen molar-refractivity contribution in [3.63, 3.8) is 0 Å². The zero-order valence-corrected chi connectivity index (χ0v) is 11.1. The minimum atomic E-state index is -0.0449. The summed E-state index contributed by atoms with van der Waals surface area (Å²) >= 11 is 2.05. The molecule has 2 aliphatic rings. The molecule has 1 nitrogen and oxygen atoms in total. The van der Waals surface area contributed by atoms with E-state index in [1.807, 2.05) is 11.8 Å². The summed E-state index contributed by atoms with van der Waals surface area (Å²) in [4.78, 5) is 1.44. The first-order chi connectivity index (χ1) is 8.28. The van der Waals surface area contributed by atoms with Crippen molar-refractivity contribution in [3.05, 3.63) is 29.8 Å². The third-order valence-electron chi connectivity index (χ3n) is 3.99. The summed E-state index contributed by atoms with van der Waals surface area (Å²) < 4.78 is 0. The van der Waals surface area contributed by atoms with E-state index in [4.69, 9.17) is 5.73 Å². The molecule has 0 unspecified atom stereocenters. The molecule has 1 aromatic carbocycles. The second-order valence-corrected chi connectivity index (χ2v) is 6.87. The molecule has 0 bridgehead atoms. The van der Waals surface area contributed by atoms with Gasteiger partial charge in [0.05, 0.1) is 0 Å². The summed E-state index contributed by atoms with van der Waals surface area (Å²) in [6.07, 6.45) is 9.03. The van der Waals surface area contributed by atoms with Crippen LogP contribution in [0.15, 0.2) is 29.2 Å². The van der Waals surface area contributed by atoms with Gasteiger partial charge < -0.3 is 5.73 Å². The molecule has 17 heavy (non-hydrogen) atoms. The normalized spacial score (nSPS) is 23.6. The highest BCUT2D eigenvalue weighted by atomic mass is 32.2. The first-order valence-corrected chi connectivity index (χ1v) is 7.71. The predicted molar refractivity (Wildman–Crippen MR) is 74.3 cm³/mol. The van der Waals surface area contributed by atoms with Gasteiger partial charge in [-0.05, 0) is 37.3 Å². The summed E-state index contributed by atoms with van der Waals surface area (Å²) in [6.45, 7) is 0. The fourth-order valence-corrected chi connectivity index (χ4v) is 4.08. The molecule has 0 amide bonds. The highest BCUT2D eigenvalue weighted by Gasteiger charge is 2.33. The van der Waals surface area contributed by atoms with Gasteiger partial charge in [-0.2, -0.15) is 0 Å². The lowest BCUT2D eigenvalue weighted by Crippen LogP contribution is -2.39. The summed E-state index contributed by atoms with van der Waals surface area (Å²) in [5.41, 5.74) is 8.03. The molecule has 0 aromatic heterocycles. The largest absolute Gasteiger partial charge is 0.321 e. The third-order valence-corrected chi connectivity index (χ3v) is 5.40. The Bertz CT molecular complexity index is 392. The van der Waals surface area contributed by atoms with Crippen molar-refractivity contribution < 1.29 is 0 Å². The molecular formula is C15H21NS. The molecule has 1 aromatic rings. The van der Waals surface area contributed by atoms with Gasteiger partial charge in [0.25, 0.3) is 0 Å². The molecule has 0 atom stereocenters. The van der Waals surface area contributed by atoms with E-state index >= 15 is 0 Å². The minimum absolute atomic E-state index is 0.0449. The van der Waals surface area contributed by atoms with E-state index in [0.717, 1.165) is 18.1 Å². The first-order valence-electron chi connectivity index (χ1n) is 6.83. The summed E-state index contributed by atoms with van der Waals surface area (Å²) in [5, 5.41) is 0.864. The van der Waals surface area contributed by atoms with Crippen LogP contribution >= 0.6 is 11.8 Å². The van der Waals surface area contributed by atoms with Crippen molar-refractivity contribution in [3.8, 4) is 0 Å². The number of rotatable bonds is 3. The van der Waals surface area contributed by atoms with Gasteiger partial charge in [-0.25, -0.2) is 0 Å². The molecular weight excluding hydrogens is 226 g/mol. The molecule has 0 saturated heterocycles. The molecule has 0 radical (unpaired) electrons. The molecule has 2 N–H and O–H groups in total. The zero-order valence-electron chi connectivity index (χ0n) is 10.3. The van der Waals surface area contributed by atoms with Crippen LogP contribution in [0, 0.1) is 0 Å². The van der Waals surface area contributed by atoms with Crippen LogP contribution in [-0.4, -0.2) is 5.25 Å². The quantitative estimate of drug-likeness (QED) is 0.871. The molecule has 0 spiro atoms. The number of thioether (sulfide) groups is 1. The van der Waals surface area contributed by atoms with Gasteiger partial charge in [0.15, 0.2) is 0 Å². The number of hydrogen-bond acceptors (Lipinski definition) is 2. The van der Waals surface area contributed by atoms with Crippen molar-refractivity contribution in [2.45, 2.75) is 60.6 Å². The minimum Gasteiger partial charge on any atom is -0.321 e. The SMILES string of the molecule is NC1(c2ccccc2SC2CC2)CCCCC1. The maximum absolute atomic E-state index is 6.66. The van der Waals surface area contributed by atoms with Crippen LogP contribution in [0.3, 0.4) is 0 Å². The van der Waals surface area contributed by atoms with E-state index in [1.54, 1.807) is 0 Å². The third kappa shape index (κ3) is 2.53. The monoisotopic (exact) mass is 247 g/mol. The summed E-state index contributed by atoms with van der Waals surface area (Å²) in [7, 11) is 0. The summed E-state index contributed by atoms with van der Waals surface area (Å²) in [6, 6.07) is 8.83. The summed E-state index contributed by atoms with van der Waals surface area (Å²) in [5.74, 6) is 0. The Balaban J connectivity index is 1.88. The van der Waals surface area contributed by atoms with Crippen LogP contribution in [0.25, 0.3) is 0 Å². The smallest absolute Gasteiger partial charge is 0.0420 e. The molecule has 3 rings (SSSR count). The topological polar surface area (TPSA) is 26.0 Å². The van der Waals surface area contributed by atoms with E-state index in [2.05, 4.69) is 24.3 Å². The Morgan fingerprint density at radius 2 is 1.76 bits per heavy atom. The van der Waals surface area contributed by atoms with Gasteiger partial charge in [-0.15, -0.1) is 11.8 Å². The lowest BCUT2D eigenvalue weighted by molar-refractivity contribution is 0.298. The van der Waals surface area contributed by atoms with E-state index in [9.17, 15) is 0 Å². The zero-order chi connectivity index (χ0) is 11.7. The van der Waals surface area contributed by atoms with Crippen molar-refractivity contribution in [2.75, 3.05) is 0 Å². The van der Waals surface area contributed by atoms with Crippen molar-refractivity contribution in [1.82, 2.24) is 0 Å². The fourth-order valence-electron chi connectivity index (χ4n) is 2.80. The Hall–Kier alpha value is -0.470. The van der Waals surface area contributed by atoms with Gasteiger partial charge in [0.2, 0.25) is 0 Å². The van der Waals surface area contributed by atoms with E-state index in [1.165, 1.54) is 42.6 Å². The standard InChI is InChI=1S/C15H21NS/c16-15(10-4-1-5-11-15)13-6-2-3-7-14(13)17-12-8-9-12/h2-3,6-7,12H,1,4-5,8-11,16H2. The highest BCUT2D eigenvalue weighted by Crippen LogP contribution is 2.45. The maximum Gasteiger partial charge on any atom is 0.0420 e. The van der Waals surface area contributed by atoms with Gasteiger partial charge in [-0.3, -0.25) is 0 Å². The number of nitrogens with two attached hydrogens (primary N) is 1. The highest BCUT2D eigenvalue weighted by molar-refractivity contribution is 8.00. The molecule has 0 heterocycles. The lowest BCUT2D eigenvalue weighted by Gasteiger charge is -2.35. The van der Waals surface area contributed by atoms with E-state index in [0.29, 0.717) is 0 Å². The fraction of sp³-hybridized carbons (Fsp3) is 0.600. The molecule has 92 valence electrons. The van der Waals surface area contributed by atoms with E-state index in [-0.39, 0.29) is 5.54 Å². The van der Waals surface area contributed by atoms with Crippen LogP contribution in [0.2, 0.25) is 0 Å². The molecule has 2 saturated carbocycles. The average Bonchev–Trinajstić information content (AvgIpc) is 3.15. The van der Waals surface area contributed by atoms with Crippen LogP contribution in [0.5, 0.6) is 0 Å². The Kier molecular flexibility index (Phi) is 3.18. The number of benzene rings is 1. The van der Waals surface area contributed by atoms with Gasteiger partial charge >= 0.3 is 0 Å². The van der Waals surface area contributed by atoms with Gasteiger partial charge in [0, 0.05) is 15.7 Å². The Morgan fingerprint density at radius 1 is 1.06 bits per heavy atom. The van der Waals surface area contributed by atoms with Gasteiger partial charge in [-0.1, -0.05) is 37.5 Å². The van der Waals surface area contributed by atoms with Crippen molar-refractivity contribution in [1.29, 1.82) is 0 Å². The molecule has 2 aliphatic carbocycles. The number of hydrogen-bond donors (Lipinski definition) is 1.